The van der Waals surface area contributed by atoms with Crippen molar-refractivity contribution in [2.45, 2.75) is 45.2 Å². The van der Waals surface area contributed by atoms with Crippen LogP contribution in [0.5, 0.6) is 0 Å². The Bertz CT molecular complexity index is 229. The molecular weight excluding hydrogens is 192 g/mol. The van der Waals surface area contributed by atoms with Crippen LogP contribution in [0.4, 0.5) is 0 Å². The molecule has 0 aromatic rings. The van der Waals surface area contributed by atoms with Crippen LogP contribution in [0.1, 0.15) is 33.6 Å². The van der Waals surface area contributed by atoms with Gasteiger partial charge in [0.1, 0.15) is 6.04 Å². The summed E-state index contributed by atoms with van der Waals surface area (Å²) in [5.41, 5.74) is -0.271. The Kier molecular flexibility index (Phi) is 4.11. The normalized spacial score (nSPS) is 25.1. The van der Waals surface area contributed by atoms with Crippen LogP contribution in [0.25, 0.3) is 0 Å². The topological polar surface area (TPSA) is 52.3 Å². The van der Waals surface area contributed by atoms with Crippen LogP contribution in [0.15, 0.2) is 0 Å². The zero-order valence-electron chi connectivity index (χ0n) is 9.92. The third-order valence-electron chi connectivity index (χ3n) is 2.91. The Morgan fingerprint density at radius 3 is 2.80 bits per heavy atom. The lowest BCUT2D eigenvalue weighted by molar-refractivity contribution is -0.121. The zero-order chi connectivity index (χ0) is 11.5. The molecular formula is C11H22N2O2. The minimum absolute atomic E-state index is 0.0241. The third-order valence-corrected chi connectivity index (χ3v) is 2.91. The summed E-state index contributed by atoms with van der Waals surface area (Å²) in [5.74, 6) is 0.102. The van der Waals surface area contributed by atoms with Crippen LogP contribution < -0.4 is 5.32 Å². The molecule has 1 rings (SSSR count). The van der Waals surface area contributed by atoms with E-state index in [1.165, 1.54) is 0 Å². The molecule has 0 radical (unpaired) electrons. The van der Waals surface area contributed by atoms with Gasteiger partial charge in [-0.2, -0.15) is 0 Å². The maximum Gasteiger partial charge on any atom is 0.238 e. The molecule has 0 aromatic carbocycles. The van der Waals surface area contributed by atoms with Gasteiger partial charge in [0.2, 0.25) is 5.91 Å². The molecule has 2 unspecified atom stereocenters. The van der Waals surface area contributed by atoms with E-state index in [-0.39, 0.29) is 24.1 Å². The van der Waals surface area contributed by atoms with Gasteiger partial charge in [0.15, 0.2) is 0 Å². The molecule has 15 heavy (non-hydrogen) atoms. The van der Waals surface area contributed by atoms with Gasteiger partial charge in [-0.15, -0.1) is 0 Å². The number of nitrogens with zero attached hydrogens (tertiary/aromatic N) is 1. The fraction of sp³-hybridized carbons (Fsp3) is 0.909. The standard InChI is InChI=1S/C11H22N2O2/c1-4-5-6-12-10(15)9-7-13(9)11(2,3)8-14/h9,14H,4-8H2,1-3H3,(H,12,15). The summed E-state index contributed by atoms with van der Waals surface area (Å²) in [6.07, 6.45) is 2.12. The quantitative estimate of drug-likeness (QED) is 0.496. The van der Waals surface area contributed by atoms with Gasteiger partial charge in [-0.3, -0.25) is 9.69 Å². The van der Waals surface area contributed by atoms with Crippen LogP contribution in [0.2, 0.25) is 0 Å². The number of hydrogen-bond donors (Lipinski definition) is 2. The number of aliphatic hydroxyl groups excluding tert-OH is 1. The maximum atomic E-state index is 11.6. The lowest BCUT2D eigenvalue weighted by Crippen LogP contribution is -2.40. The summed E-state index contributed by atoms with van der Waals surface area (Å²) in [6.45, 7) is 7.62. The van der Waals surface area contributed by atoms with E-state index >= 15 is 0 Å². The smallest absolute Gasteiger partial charge is 0.238 e. The first kappa shape index (κ1) is 12.5. The van der Waals surface area contributed by atoms with Gasteiger partial charge in [-0.1, -0.05) is 13.3 Å². The molecule has 4 nitrogen and oxygen atoms in total. The lowest BCUT2D eigenvalue weighted by atomic mass is 10.1. The molecule has 0 bridgehead atoms. The van der Waals surface area contributed by atoms with E-state index in [1.54, 1.807) is 0 Å². The molecule has 0 aromatic heterocycles. The van der Waals surface area contributed by atoms with Crippen molar-refractivity contribution in [2.24, 2.45) is 0 Å². The highest BCUT2D eigenvalue weighted by molar-refractivity contribution is 5.84. The number of aliphatic hydroxyl groups is 1. The van der Waals surface area contributed by atoms with Gasteiger partial charge in [0.05, 0.1) is 6.61 Å². The van der Waals surface area contributed by atoms with Crippen molar-refractivity contribution >= 4 is 5.91 Å². The minimum Gasteiger partial charge on any atom is -0.394 e. The van der Waals surface area contributed by atoms with Crippen molar-refractivity contribution in [1.82, 2.24) is 10.2 Å². The fourth-order valence-corrected chi connectivity index (χ4v) is 1.63. The molecule has 0 spiro atoms. The summed E-state index contributed by atoms with van der Waals surface area (Å²) in [7, 11) is 0. The molecule has 1 aliphatic heterocycles. The highest BCUT2D eigenvalue weighted by Gasteiger charge is 2.48. The highest BCUT2D eigenvalue weighted by atomic mass is 16.3. The molecule has 1 heterocycles. The summed E-state index contributed by atoms with van der Waals surface area (Å²) in [4.78, 5) is 13.6. The SMILES string of the molecule is CCCCNC(=O)C1CN1C(C)(C)CO. The van der Waals surface area contributed by atoms with E-state index in [9.17, 15) is 4.79 Å². The third kappa shape index (κ3) is 3.18. The predicted molar refractivity (Wildman–Crippen MR) is 59.6 cm³/mol. The first-order valence-electron chi connectivity index (χ1n) is 5.68. The molecule has 4 heteroatoms. The zero-order valence-corrected chi connectivity index (χ0v) is 9.92. The van der Waals surface area contributed by atoms with Gasteiger partial charge in [0.25, 0.3) is 0 Å². The Hall–Kier alpha value is -0.610. The molecule has 2 N–H and O–H groups in total. The second-order valence-corrected chi connectivity index (χ2v) is 4.78. The number of nitrogens with one attached hydrogen (secondary N) is 1. The molecule has 2 atom stereocenters. The van der Waals surface area contributed by atoms with E-state index in [0.717, 1.165) is 25.9 Å². The molecule has 1 amide bonds. The second kappa shape index (κ2) is 4.94. The average molecular weight is 214 g/mol. The van der Waals surface area contributed by atoms with Gasteiger partial charge in [-0.25, -0.2) is 0 Å². The Morgan fingerprint density at radius 2 is 2.27 bits per heavy atom. The number of hydrogen-bond acceptors (Lipinski definition) is 3. The van der Waals surface area contributed by atoms with Crippen molar-refractivity contribution in [1.29, 1.82) is 0 Å². The summed E-state index contributed by atoms with van der Waals surface area (Å²) in [6, 6.07) is -0.0241. The lowest BCUT2D eigenvalue weighted by Gasteiger charge is -2.24. The van der Waals surface area contributed by atoms with E-state index in [0.29, 0.717) is 0 Å². The predicted octanol–water partition coefficient (Wildman–Crippen LogP) is 0.358. The molecule has 1 saturated heterocycles. The number of carbonyl (C=O) groups excluding carboxylic acids is 1. The van der Waals surface area contributed by atoms with Crippen LogP contribution in [-0.4, -0.2) is 47.2 Å². The molecule has 1 aliphatic rings. The van der Waals surface area contributed by atoms with Gasteiger partial charge < -0.3 is 10.4 Å². The van der Waals surface area contributed by atoms with Crippen molar-refractivity contribution in [3.63, 3.8) is 0 Å². The van der Waals surface area contributed by atoms with Crippen molar-refractivity contribution in [2.75, 3.05) is 19.7 Å². The summed E-state index contributed by atoms with van der Waals surface area (Å²) >= 11 is 0. The van der Waals surface area contributed by atoms with Gasteiger partial charge in [-0.05, 0) is 20.3 Å². The average Bonchev–Trinajstić information content (AvgIpc) is 2.98. The molecule has 88 valence electrons. The van der Waals surface area contributed by atoms with Crippen LogP contribution in [0.3, 0.4) is 0 Å². The molecule has 0 saturated carbocycles. The Labute approximate surface area is 91.6 Å². The van der Waals surface area contributed by atoms with Crippen molar-refractivity contribution in [3.05, 3.63) is 0 Å². The van der Waals surface area contributed by atoms with E-state index in [4.69, 9.17) is 5.11 Å². The summed E-state index contributed by atoms with van der Waals surface area (Å²) in [5, 5.41) is 12.1. The first-order valence-corrected chi connectivity index (χ1v) is 5.68. The Balaban J connectivity index is 2.28. The van der Waals surface area contributed by atoms with Gasteiger partial charge in [0, 0.05) is 18.6 Å². The molecule has 0 aliphatic carbocycles. The maximum absolute atomic E-state index is 11.6. The fourth-order valence-electron chi connectivity index (χ4n) is 1.63. The summed E-state index contributed by atoms with van der Waals surface area (Å²) < 4.78 is 0. The van der Waals surface area contributed by atoms with Crippen LogP contribution >= 0.6 is 0 Å². The monoisotopic (exact) mass is 214 g/mol. The van der Waals surface area contributed by atoms with E-state index in [1.807, 2.05) is 18.7 Å². The van der Waals surface area contributed by atoms with E-state index < -0.39 is 0 Å². The highest BCUT2D eigenvalue weighted by Crippen LogP contribution is 2.28. The second-order valence-electron chi connectivity index (χ2n) is 4.78. The number of unbranched alkanes of at least 4 members (excludes halogenated alkanes) is 1. The largest absolute Gasteiger partial charge is 0.394 e. The van der Waals surface area contributed by atoms with Crippen molar-refractivity contribution in [3.8, 4) is 0 Å². The first-order chi connectivity index (χ1) is 7.03. The van der Waals surface area contributed by atoms with Crippen LogP contribution in [-0.2, 0) is 4.79 Å². The number of rotatable bonds is 6. The number of amides is 1. The minimum atomic E-state index is -0.271. The molecule has 1 fully saturated rings. The van der Waals surface area contributed by atoms with Gasteiger partial charge >= 0.3 is 0 Å². The van der Waals surface area contributed by atoms with Crippen molar-refractivity contribution < 1.29 is 9.90 Å². The van der Waals surface area contributed by atoms with E-state index in [2.05, 4.69) is 12.2 Å². The van der Waals surface area contributed by atoms with Crippen LogP contribution in [0, 0.1) is 0 Å². The number of carbonyl (C=O) groups is 1. The Morgan fingerprint density at radius 1 is 1.60 bits per heavy atom.